The van der Waals surface area contributed by atoms with Crippen LogP contribution in [0, 0.1) is 0 Å². The van der Waals surface area contributed by atoms with Crippen LogP contribution < -0.4 is 5.32 Å². The maximum atomic E-state index is 11.9. The van der Waals surface area contributed by atoms with Gasteiger partial charge in [0.15, 0.2) is 5.69 Å². The number of anilines is 1. The Hall–Kier alpha value is -2.61. The Labute approximate surface area is 130 Å². The van der Waals surface area contributed by atoms with Crippen LogP contribution in [0.2, 0.25) is 0 Å². The number of amides is 1. The van der Waals surface area contributed by atoms with Gasteiger partial charge < -0.3 is 4.42 Å². The van der Waals surface area contributed by atoms with Crippen molar-refractivity contribution >= 4 is 23.7 Å². The summed E-state index contributed by atoms with van der Waals surface area (Å²) in [4.78, 5) is 13.1. The predicted octanol–water partition coefficient (Wildman–Crippen LogP) is 2.44. The predicted molar refractivity (Wildman–Crippen MR) is 82.7 cm³/mol. The minimum Gasteiger partial charge on any atom is -0.403 e. The molecule has 8 heteroatoms. The number of aryl methyl sites for hydroxylation is 1. The lowest BCUT2D eigenvalue weighted by Crippen LogP contribution is -2.13. The first kappa shape index (κ1) is 14.3. The Morgan fingerprint density at radius 2 is 2.00 bits per heavy atom. The molecule has 0 bridgehead atoms. The Morgan fingerprint density at radius 1 is 1.23 bits per heavy atom. The SMILES string of the molecule is CSc1ccc(-c2nnc(NC(=O)c3ccn(C)n3)o2)cc1. The van der Waals surface area contributed by atoms with E-state index in [1.807, 2.05) is 30.5 Å². The number of nitrogens with zero attached hydrogens (tertiary/aromatic N) is 4. The molecule has 22 heavy (non-hydrogen) atoms. The van der Waals surface area contributed by atoms with Gasteiger partial charge in [-0.1, -0.05) is 5.10 Å². The first-order chi connectivity index (χ1) is 10.7. The zero-order valence-corrected chi connectivity index (χ0v) is 12.8. The minimum absolute atomic E-state index is 0.0413. The zero-order chi connectivity index (χ0) is 15.5. The van der Waals surface area contributed by atoms with Crippen LogP contribution in [0.25, 0.3) is 11.5 Å². The molecular weight excluding hydrogens is 302 g/mol. The van der Waals surface area contributed by atoms with Crippen molar-refractivity contribution in [2.75, 3.05) is 11.6 Å². The number of hydrogen-bond donors (Lipinski definition) is 1. The summed E-state index contributed by atoms with van der Waals surface area (Å²) in [5.74, 6) is -0.0440. The van der Waals surface area contributed by atoms with Gasteiger partial charge in [-0.25, -0.2) is 0 Å². The van der Waals surface area contributed by atoms with Crippen molar-refractivity contribution in [1.82, 2.24) is 20.0 Å². The van der Waals surface area contributed by atoms with Gasteiger partial charge in [0.2, 0.25) is 5.89 Å². The molecule has 3 rings (SSSR count). The number of benzene rings is 1. The second-order valence-electron chi connectivity index (χ2n) is 4.47. The molecule has 0 aliphatic rings. The van der Waals surface area contributed by atoms with Gasteiger partial charge in [0.05, 0.1) is 0 Å². The summed E-state index contributed by atoms with van der Waals surface area (Å²) in [6, 6.07) is 9.37. The van der Waals surface area contributed by atoms with E-state index in [0.717, 1.165) is 10.5 Å². The first-order valence-corrected chi connectivity index (χ1v) is 7.67. The van der Waals surface area contributed by atoms with Crippen LogP contribution in [0.4, 0.5) is 6.01 Å². The smallest absolute Gasteiger partial charge is 0.322 e. The Bertz CT molecular complexity index is 794. The summed E-state index contributed by atoms with van der Waals surface area (Å²) in [6.07, 6.45) is 3.69. The Balaban J connectivity index is 1.74. The van der Waals surface area contributed by atoms with Crippen molar-refractivity contribution in [3.05, 3.63) is 42.2 Å². The molecule has 0 radical (unpaired) electrons. The molecule has 0 saturated carbocycles. The average molecular weight is 315 g/mol. The van der Waals surface area contributed by atoms with Crippen LogP contribution in [-0.2, 0) is 7.05 Å². The third-order valence-corrected chi connectivity index (χ3v) is 3.67. The van der Waals surface area contributed by atoms with Gasteiger partial charge in [0, 0.05) is 23.7 Å². The van der Waals surface area contributed by atoms with E-state index in [4.69, 9.17) is 4.42 Å². The summed E-state index contributed by atoms with van der Waals surface area (Å²) < 4.78 is 6.99. The van der Waals surface area contributed by atoms with E-state index in [2.05, 4.69) is 20.6 Å². The summed E-state index contributed by atoms with van der Waals surface area (Å²) in [5.41, 5.74) is 1.08. The maximum Gasteiger partial charge on any atom is 0.322 e. The molecule has 1 aromatic carbocycles. The fourth-order valence-electron chi connectivity index (χ4n) is 1.82. The molecule has 7 nitrogen and oxygen atoms in total. The second kappa shape index (κ2) is 6.02. The maximum absolute atomic E-state index is 11.9. The van der Waals surface area contributed by atoms with Crippen LogP contribution in [0.3, 0.4) is 0 Å². The summed E-state index contributed by atoms with van der Waals surface area (Å²) in [6.45, 7) is 0. The van der Waals surface area contributed by atoms with Gasteiger partial charge in [-0.05, 0) is 36.6 Å². The molecule has 112 valence electrons. The number of carbonyl (C=O) groups excluding carboxylic acids is 1. The normalized spacial score (nSPS) is 10.6. The van der Waals surface area contributed by atoms with E-state index >= 15 is 0 Å². The van der Waals surface area contributed by atoms with Gasteiger partial charge >= 0.3 is 6.01 Å². The molecule has 0 atom stereocenters. The fourth-order valence-corrected chi connectivity index (χ4v) is 2.23. The molecule has 0 aliphatic carbocycles. The van der Waals surface area contributed by atoms with Crippen molar-refractivity contribution < 1.29 is 9.21 Å². The third-order valence-electron chi connectivity index (χ3n) is 2.93. The lowest BCUT2D eigenvalue weighted by molar-refractivity contribution is 0.101. The summed E-state index contributed by atoms with van der Waals surface area (Å²) >= 11 is 1.65. The van der Waals surface area contributed by atoms with Gasteiger partial charge in [0.25, 0.3) is 5.91 Å². The fraction of sp³-hybridized carbons (Fsp3) is 0.143. The molecular formula is C14H13N5O2S. The van der Waals surface area contributed by atoms with Gasteiger partial charge in [-0.2, -0.15) is 5.10 Å². The molecule has 1 N–H and O–H groups in total. The number of rotatable bonds is 4. The highest BCUT2D eigenvalue weighted by Crippen LogP contribution is 2.23. The molecule has 0 unspecified atom stereocenters. The quantitative estimate of drug-likeness (QED) is 0.744. The number of thioether (sulfide) groups is 1. The molecule has 0 aliphatic heterocycles. The minimum atomic E-state index is -0.395. The van der Waals surface area contributed by atoms with Crippen molar-refractivity contribution in [3.63, 3.8) is 0 Å². The number of carbonyl (C=O) groups is 1. The Morgan fingerprint density at radius 3 is 2.64 bits per heavy atom. The zero-order valence-electron chi connectivity index (χ0n) is 12.0. The lowest BCUT2D eigenvalue weighted by atomic mass is 10.2. The summed E-state index contributed by atoms with van der Waals surface area (Å²) in [7, 11) is 1.74. The molecule has 2 heterocycles. The highest BCUT2D eigenvalue weighted by Gasteiger charge is 2.14. The van der Waals surface area contributed by atoms with Crippen LogP contribution in [0.15, 0.2) is 45.8 Å². The van der Waals surface area contributed by atoms with E-state index in [-0.39, 0.29) is 11.7 Å². The van der Waals surface area contributed by atoms with Crippen molar-refractivity contribution in [2.45, 2.75) is 4.90 Å². The van der Waals surface area contributed by atoms with Crippen LogP contribution in [0.5, 0.6) is 0 Å². The van der Waals surface area contributed by atoms with Gasteiger partial charge in [0.1, 0.15) is 0 Å². The van der Waals surface area contributed by atoms with Crippen molar-refractivity contribution in [1.29, 1.82) is 0 Å². The lowest BCUT2D eigenvalue weighted by Gasteiger charge is -1.98. The molecule has 2 aromatic heterocycles. The van der Waals surface area contributed by atoms with Crippen molar-refractivity contribution in [3.8, 4) is 11.5 Å². The number of aromatic nitrogens is 4. The van der Waals surface area contributed by atoms with E-state index in [9.17, 15) is 4.79 Å². The van der Waals surface area contributed by atoms with Crippen LogP contribution >= 0.6 is 11.8 Å². The summed E-state index contributed by atoms with van der Waals surface area (Å²) in [5, 5.41) is 14.3. The topological polar surface area (TPSA) is 85.8 Å². The number of nitrogens with one attached hydrogen (secondary N) is 1. The van der Waals surface area contributed by atoms with E-state index < -0.39 is 5.91 Å². The molecule has 1 amide bonds. The highest BCUT2D eigenvalue weighted by atomic mass is 32.2. The van der Waals surface area contributed by atoms with Crippen LogP contribution in [0.1, 0.15) is 10.5 Å². The van der Waals surface area contributed by atoms with E-state index in [0.29, 0.717) is 5.89 Å². The van der Waals surface area contributed by atoms with E-state index in [1.165, 1.54) is 0 Å². The standard InChI is InChI=1S/C14H13N5O2S/c1-19-8-7-11(18-19)12(20)15-14-17-16-13(21-14)9-3-5-10(22-2)6-4-9/h3-8H,1-2H3,(H,15,17,20). The Kier molecular flexibility index (Phi) is 3.92. The van der Waals surface area contributed by atoms with Crippen LogP contribution in [-0.4, -0.2) is 32.1 Å². The van der Waals surface area contributed by atoms with E-state index in [1.54, 1.807) is 35.8 Å². The average Bonchev–Trinajstić information content (AvgIpc) is 3.16. The monoisotopic (exact) mass is 315 g/mol. The van der Waals surface area contributed by atoms with Crippen molar-refractivity contribution in [2.24, 2.45) is 7.05 Å². The molecule has 0 spiro atoms. The van der Waals surface area contributed by atoms with Gasteiger partial charge in [-0.3, -0.25) is 14.8 Å². The first-order valence-electron chi connectivity index (χ1n) is 6.44. The molecule has 3 aromatic rings. The number of hydrogen-bond acceptors (Lipinski definition) is 6. The third kappa shape index (κ3) is 3.01. The molecule has 0 fully saturated rings. The molecule has 0 saturated heterocycles. The highest BCUT2D eigenvalue weighted by molar-refractivity contribution is 7.98. The van der Waals surface area contributed by atoms with Gasteiger partial charge in [-0.15, -0.1) is 16.9 Å². The second-order valence-corrected chi connectivity index (χ2v) is 5.35. The largest absolute Gasteiger partial charge is 0.403 e.